The van der Waals surface area contributed by atoms with Crippen LogP contribution in [-0.2, 0) is 6.42 Å². The molecule has 2 nitrogen and oxygen atoms in total. The van der Waals surface area contributed by atoms with Gasteiger partial charge in [-0.05, 0) is 37.1 Å². The molecule has 0 aliphatic heterocycles. The second kappa shape index (κ2) is 13.3. The van der Waals surface area contributed by atoms with Crippen molar-refractivity contribution in [2.75, 3.05) is 0 Å². The molecule has 0 amide bonds. The summed E-state index contributed by atoms with van der Waals surface area (Å²) in [5, 5.41) is 2.16. The molecule has 0 saturated heterocycles. The first-order valence-electron chi connectivity index (χ1n) is 8.85. The second-order valence-corrected chi connectivity index (χ2v) is 7.13. The minimum atomic E-state index is 0.505. The van der Waals surface area contributed by atoms with Crippen LogP contribution in [0.3, 0.4) is 0 Å². The van der Waals surface area contributed by atoms with Crippen molar-refractivity contribution in [1.29, 1.82) is 0 Å². The van der Waals surface area contributed by atoms with Gasteiger partial charge in [-0.25, -0.2) is 0 Å². The number of hydrazine groups is 1. The van der Waals surface area contributed by atoms with Gasteiger partial charge in [0, 0.05) is 10.9 Å². The smallest absolute Gasteiger partial charge is 0.0210 e. The number of hydrogen-bond donors (Lipinski definition) is 2. The first-order chi connectivity index (χ1) is 10.4. The van der Waals surface area contributed by atoms with Crippen LogP contribution < -0.4 is 11.3 Å². The van der Waals surface area contributed by atoms with E-state index in [0.717, 1.165) is 0 Å². The maximum Gasteiger partial charge on any atom is 0.0210 e. The summed E-state index contributed by atoms with van der Waals surface area (Å²) in [4.78, 5) is 1.50. The van der Waals surface area contributed by atoms with Crippen LogP contribution >= 0.6 is 11.3 Å². The molecule has 1 unspecified atom stereocenters. The van der Waals surface area contributed by atoms with E-state index in [1.807, 2.05) is 11.3 Å². The van der Waals surface area contributed by atoms with Crippen molar-refractivity contribution in [3.8, 4) is 0 Å². The average Bonchev–Trinajstić information content (AvgIpc) is 3.01. The number of unbranched alkanes of at least 4 members (excludes halogenated alkanes) is 7. The van der Waals surface area contributed by atoms with Gasteiger partial charge in [-0.1, -0.05) is 64.4 Å². The summed E-state index contributed by atoms with van der Waals surface area (Å²) < 4.78 is 0. The monoisotopic (exact) mass is 310 g/mol. The first kappa shape index (κ1) is 18.7. The topological polar surface area (TPSA) is 38.0 Å². The summed E-state index contributed by atoms with van der Waals surface area (Å²) >= 11 is 1.86. The van der Waals surface area contributed by atoms with Crippen LogP contribution in [0.1, 0.15) is 82.4 Å². The summed E-state index contributed by atoms with van der Waals surface area (Å²) in [6.45, 7) is 2.28. The molecule has 21 heavy (non-hydrogen) atoms. The van der Waals surface area contributed by atoms with E-state index in [1.54, 1.807) is 0 Å². The number of thiophene rings is 1. The Bertz CT molecular complexity index is 311. The standard InChI is InChI=1S/C18H34N2S/c1-2-3-4-5-6-7-8-9-12-17(20-19)13-10-14-18-15-11-16-21-18/h11,15-17,20H,2-10,12-14,19H2,1H3. The van der Waals surface area contributed by atoms with Crippen molar-refractivity contribution in [1.82, 2.24) is 5.43 Å². The highest BCUT2D eigenvalue weighted by atomic mass is 32.1. The van der Waals surface area contributed by atoms with Gasteiger partial charge in [0.15, 0.2) is 0 Å². The molecular formula is C18H34N2S. The molecule has 1 aromatic heterocycles. The van der Waals surface area contributed by atoms with E-state index >= 15 is 0 Å². The Hall–Kier alpha value is -0.380. The Morgan fingerprint density at radius 3 is 2.29 bits per heavy atom. The van der Waals surface area contributed by atoms with Crippen LogP contribution in [0, 0.1) is 0 Å². The van der Waals surface area contributed by atoms with Crippen LogP contribution in [0.5, 0.6) is 0 Å². The highest BCUT2D eigenvalue weighted by Gasteiger charge is 2.06. The molecular weight excluding hydrogens is 276 g/mol. The van der Waals surface area contributed by atoms with Crippen molar-refractivity contribution in [3.05, 3.63) is 22.4 Å². The van der Waals surface area contributed by atoms with E-state index in [-0.39, 0.29) is 0 Å². The molecule has 0 spiro atoms. The molecule has 0 saturated carbocycles. The Kier molecular flexibility index (Phi) is 11.8. The summed E-state index contributed by atoms with van der Waals surface area (Å²) in [6.07, 6.45) is 16.0. The van der Waals surface area contributed by atoms with E-state index in [1.165, 1.54) is 81.9 Å². The van der Waals surface area contributed by atoms with Gasteiger partial charge >= 0.3 is 0 Å². The first-order valence-corrected chi connectivity index (χ1v) is 9.73. The third-order valence-corrected chi connectivity index (χ3v) is 5.13. The summed E-state index contributed by atoms with van der Waals surface area (Å²) in [7, 11) is 0. The van der Waals surface area contributed by atoms with Crippen LogP contribution in [-0.4, -0.2) is 6.04 Å². The zero-order chi connectivity index (χ0) is 15.2. The molecule has 1 rings (SSSR count). The Balaban J connectivity index is 1.93. The molecule has 0 aromatic carbocycles. The Morgan fingerprint density at radius 2 is 1.67 bits per heavy atom. The maximum atomic E-state index is 5.68. The van der Waals surface area contributed by atoms with Crippen LogP contribution in [0.2, 0.25) is 0 Å². The van der Waals surface area contributed by atoms with Gasteiger partial charge in [-0.15, -0.1) is 11.3 Å². The summed E-state index contributed by atoms with van der Waals surface area (Å²) in [5.74, 6) is 5.68. The fourth-order valence-corrected chi connectivity index (χ4v) is 3.56. The SMILES string of the molecule is CCCCCCCCCCC(CCCc1cccs1)NN. The van der Waals surface area contributed by atoms with E-state index in [0.29, 0.717) is 6.04 Å². The Labute approximate surface area is 135 Å². The number of hydrogen-bond acceptors (Lipinski definition) is 3. The molecule has 1 atom stereocenters. The summed E-state index contributed by atoms with van der Waals surface area (Å²) in [5.41, 5.74) is 3.00. The normalized spacial score (nSPS) is 12.7. The maximum absolute atomic E-state index is 5.68. The summed E-state index contributed by atoms with van der Waals surface area (Å²) in [6, 6.07) is 4.87. The largest absolute Gasteiger partial charge is 0.271 e. The molecule has 122 valence electrons. The number of nitrogens with one attached hydrogen (secondary N) is 1. The molecule has 3 heteroatoms. The minimum Gasteiger partial charge on any atom is -0.271 e. The van der Waals surface area contributed by atoms with Crippen LogP contribution in [0.25, 0.3) is 0 Å². The molecule has 0 aliphatic rings. The molecule has 1 aromatic rings. The van der Waals surface area contributed by atoms with Gasteiger partial charge in [0.25, 0.3) is 0 Å². The van der Waals surface area contributed by atoms with Crippen LogP contribution in [0.15, 0.2) is 17.5 Å². The fraction of sp³-hybridized carbons (Fsp3) is 0.778. The second-order valence-electron chi connectivity index (χ2n) is 6.10. The van der Waals surface area contributed by atoms with E-state index < -0.39 is 0 Å². The van der Waals surface area contributed by atoms with E-state index in [9.17, 15) is 0 Å². The molecule has 0 aliphatic carbocycles. The lowest BCUT2D eigenvalue weighted by Crippen LogP contribution is -2.35. The van der Waals surface area contributed by atoms with Gasteiger partial charge in [0.2, 0.25) is 0 Å². The Morgan fingerprint density at radius 1 is 1.00 bits per heavy atom. The van der Waals surface area contributed by atoms with Crippen molar-refractivity contribution in [3.63, 3.8) is 0 Å². The third-order valence-electron chi connectivity index (χ3n) is 4.20. The lowest BCUT2D eigenvalue weighted by molar-refractivity contribution is 0.428. The van der Waals surface area contributed by atoms with Gasteiger partial charge in [0.05, 0.1) is 0 Å². The average molecular weight is 311 g/mol. The highest BCUT2D eigenvalue weighted by Crippen LogP contribution is 2.15. The predicted octanol–water partition coefficient (Wildman–Crippen LogP) is 5.43. The van der Waals surface area contributed by atoms with Crippen molar-refractivity contribution in [2.45, 2.75) is 90.0 Å². The number of aryl methyl sites for hydroxylation is 1. The van der Waals surface area contributed by atoms with Crippen molar-refractivity contribution in [2.24, 2.45) is 5.84 Å². The molecule has 0 radical (unpaired) electrons. The molecule has 0 bridgehead atoms. The van der Waals surface area contributed by atoms with E-state index in [4.69, 9.17) is 5.84 Å². The molecule has 0 fully saturated rings. The molecule has 3 N–H and O–H groups in total. The lowest BCUT2D eigenvalue weighted by Gasteiger charge is -2.15. The van der Waals surface area contributed by atoms with Crippen LogP contribution in [0.4, 0.5) is 0 Å². The van der Waals surface area contributed by atoms with Gasteiger partial charge < -0.3 is 0 Å². The van der Waals surface area contributed by atoms with Gasteiger partial charge in [0.1, 0.15) is 0 Å². The lowest BCUT2D eigenvalue weighted by atomic mass is 10.0. The zero-order valence-corrected chi connectivity index (χ0v) is 14.6. The quantitative estimate of drug-likeness (QED) is 0.273. The number of rotatable bonds is 14. The highest BCUT2D eigenvalue weighted by molar-refractivity contribution is 7.09. The van der Waals surface area contributed by atoms with Crippen molar-refractivity contribution < 1.29 is 0 Å². The number of nitrogens with two attached hydrogens (primary N) is 1. The predicted molar refractivity (Wildman–Crippen MR) is 95.6 cm³/mol. The third kappa shape index (κ3) is 10.0. The fourth-order valence-electron chi connectivity index (χ4n) is 2.81. The zero-order valence-electron chi connectivity index (χ0n) is 13.8. The van der Waals surface area contributed by atoms with E-state index in [2.05, 4.69) is 29.9 Å². The van der Waals surface area contributed by atoms with Crippen molar-refractivity contribution >= 4 is 11.3 Å². The molecule has 1 heterocycles. The minimum absolute atomic E-state index is 0.505. The van der Waals surface area contributed by atoms with Gasteiger partial charge in [-0.2, -0.15) is 0 Å². The van der Waals surface area contributed by atoms with Gasteiger partial charge in [-0.3, -0.25) is 11.3 Å².